The summed E-state index contributed by atoms with van der Waals surface area (Å²) < 4.78 is 27.3. The minimum Gasteiger partial charge on any atom is -0.480 e. The lowest BCUT2D eigenvalue weighted by Crippen LogP contribution is -2.41. The molecule has 0 spiro atoms. The highest BCUT2D eigenvalue weighted by Gasteiger charge is 2.28. The van der Waals surface area contributed by atoms with Crippen LogP contribution in [0.5, 0.6) is 0 Å². The molecule has 1 atom stereocenters. The van der Waals surface area contributed by atoms with Gasteiger partial charge < -0.3 is 10.4 Å². The van der Waals surface area contributed by atoms with E-state index in [-0.39, 0.29) is 16.9 Å². The number of carbonyl (C=O) groups excluding carboxylic acids is 1. The maximum absolute atomic E-state index is 12.9. The van der Waals surface area contributed by atoms with E-state index in [1.54, 1.807) is 19.1 Å². The molecule has 0 aliphatic carbocycles. The third kappa shape index (κ3) is 5.17. The zero-order chi connectivity index (χ0) is 20.0. The second kappa shape index (κ2) is 9.14. The summed E-state index contributed by atoms with van der Waals surface area (Å²) in [5, 5.41) is 11.7. The third-order valence-corrected chi connectivity index (χ3v) is 6.69. The predicted octanol–water partition coefficient (Wildman–Crippen LogP) is 2.32. The van der Waals surface area contributed by atoms with Crippen molar-refractivity contribution in [3.05, 3.63) is 42.0 Å². The first kappa shape index (κ1) is 21.1. The molecule has 0 bridgehead atoms. The quantitative estimate of drug-likeness (QED) is 0.659. The van der Waals surface area contributed by atoms with Crippen molar-refractivity contribution in [2.24, 2.45) is 0 Å². The van der Waals surface area contributed by atoms with Gasteiger partial charge in [0.05, 0.1) is 4.90 Å². The molecule has 1 heterocycles. The Kier molecular flexibility index (Phi) is 7.15. The van der Waals surface area contributed by atoms with Crippen molar-refractivity contribution in [2.75, 3.05) is 13.1 Å². The first-order valence-electron chi connectivity index (χ1n) is 9.02. The number of hydrogen-bond acceptors (Lipinski definition) is 4. The number of carbonyl (C=O) groups is 2. The maximum Gasteiger partial charge on any atom is 0.326 e. The Morgan fingerprint density at radius 1 is 1.30 bits per heavy atom. The molecule has 8 heteroatoms. The normalized spacial score (nSPS) is 16.5. The zero-order valence-electron chi connectivity index (χ0n) is 15.5. The molecule has 2 rings (SSSR count). The minimum absolute atomic E-state index is 0.0926. The first-order chi connectivity index (χ1) is 12.8. The molecule has 1 aliphatic heterocycles. The summed E-state index contributed by atoms with van der Waals surface area (Å²) in [4.78, 5) is 23.9. The Bertz CT molecular complexity index is 813. The highest BCUT2D eigenvalue weighted by Crippen LogP contribution is 2.24. The van der Waals surface area contributed by atoms with E-state index in [1.165, 1.54) is 16.4 Å². The van der Waals surface area contributed by atoms with Gasteiger partial charge in [-0.15, -0.1) is 6.58 Å². The van der Waals surface area contributed by atoms with Gasteiger partial charge in [0.2, 0.25) is 10.0 Å². The molecular weight excluding hydrogens is 368 g/mol. The second-order valence-corrected chi connectivity index (χ2v) is 8.58. The summed E-state index contributed by atoms with van der Waals surface area (Å²) in [7, 11) is -3.68. The molecule has 1 saturated heterocycles. The Hall–Kier alpha value is -2.19. The number of aryl methyl sites for hydroxylation is 1. The second-order valence-electron chi connectivity index (χ2n) is 6.68. The average molecular weight is 394 g/mol. The van der Waals surface area contributed by atoms with Crippen molar-refractivity contribution >= 4 is 21.9 Å². The van der Waals surface area contributed by atoms with Crippen LogP contribution in [0.4, 0.5) is 0 Å². The van der Waals surface area contributed by atoms with Crippen LogP contribution in [0.2, 0.25) is 0 Å². The van der Waals surface area contributed by atoms with Crippen molar-refractivity contribution in [1.82, 2.24) is 9.62 Å². The Labute approximate surface area is 160 Å². The Balaban J connectivity index is 2.26. The van der Waals surface area contributed by atoms with Gasteiger partial charge >= 0.3 is 5.97 Å². The summed E-state index contributed by atoms with van der Waals surface area (Å²) in [6, 6.07) is 3.36. The number of rotatable bonds is 8. The Morgan fingerprint density at radius 2 is 1.96 bits per heavy atom. The lowest BCUT2D eigenvalue weighted by molar-refractivity contribution is -0.139. The Morgan fingerprint density at radius 3 is 2.56 bits per heavy atom. The molecule has 1 fully saturated rings. The fourth-order valence-corrected chi connectivity index (χ4v) is 4.81. The summed E-state index contributed by atoms with van der Waals surface area (Å²) in [5.41, 5.74) is 0.680. The highest BCUT2D eigenvalue weighted by molar-refractivity contribution is 7.89. The SMILES string of the molecule is C=CCCC(NC(=O)c1ccc(C)c(S(=O)(=O)N2CCCCC2)c1)C(=O)O. The fourth-order valence-electron chi connectivity index (χ4n) is 3.05. The maximum atomic E-state index is 12.9. The number of benzene rings is 1. The van der Waals surface area contributed by atoms with Crippen molar-refractivity contribution in [3.8, 4) is 0 Å². The van der Waals surface area contributed by atoms with E-state index in [4.69, 9.17) is 0 Å². The van der Waals surface area contributed by atoms with E-state index >= 15 is 0 Å². The molecule has 0 radical (unpaired) electrons. The highest BCUT2D eigenvalue weighted by atomic mass is 32.2. The lowest BCUT2D eigenvalue weighted by atomic mass is 10.1. The van der Waals surface area contributed by atoms with E-state index in [2.05, 4.69) is 11.9 Å². The molecule has 2 N–H and O–H groups in total. The van der Waals surface area contributed by atoms with Gasteiger partial charge in [-0.3, -0.25) is 4.79 Å². The summed E-state index contributed by atoms with van der Waals surface area (Å²) in [5.74, 6) is -1.75. The molecule has 0 aromatic heterocycles. The van der Waals surface area contributed by atoms with Gasteiger partial charge in [0.25, 0.3) is 5.91 Å². The molecule has 1 amide bonds. The number of nitrogens with one attached hydrogen (secondary N) is 1. The predicted molar refractivity (Wildman–Crippen MR) is 102 cm³/mol. The summed E-state index contributed by atoms with van der Waals surface area (Å²) >= 11 is 0. The number of allylic oxidation sites excluding steroid dienone is 1. The molecule has 0 saturated carbocycles. The molecule has 1 unspecified atom stereocenters. The van der Waals surface area contributed by atoms with Gasteiger partial charge in [0.15, 0.2) is 0 Å². The number of piperidine rings is 1. The van der Waals surface area contributed by atoms with Gasteiger partial charge in [-0.25, -0.2) is 13.2 Å². The van der Waals surface area contributed by atoms with Gasteiger partial charge in [0, 0.05) is 18.7 Å². The van der Waals surface area contributed by atoms with E-state index in [9.17, 15) is 23.1 Å². The van der Waals surface area contributed by atoms with E-state index < -0.39 is 27.9 Å². The van der Waals surface area contributed by atoms with E-state index in [1.807, 2.05) is 0 Å². The van der Waals surface area contributed by atoms with Crippen LogP contribution in [0.15, 0.2) is 35.7 Å². The zero-order valence-corrected chi connectivity index (χ0v) is 16.3. The molecular formula is C19H26N2O5S. The van der Waals surface area contributed by atoms with Gasteiger partial charge in [-0.1, -0.05) is 18.6 Å². The third-order valence-electron chi connectivity index (χ3n) is 4.65. The number of hydrogen-bond donors (Lipinski definition) is 2. The van der Waals surface area contributed by atoms with Gasteiger partial charge in [-0.2, -0.15) is 4.31 Å². The minimum atomic E-state index is -3.68. The summed E-state index contributed by atoms with van der Waals surface area (Å²) in [6.07, 6.45) is 4.89. The molecule has 27 heavy (non-hydrogen) atoms. The number of carboxylic acid groups (broad SMARTS) is 1. The number of amides is 1. The van der Waals surface area contributed by atoms with Crippen LogP contribution in [0.1, 0.15) is 48.0 Å². The van der Waals surface area contributed by atoms with Crippen LogP contribution >= 0.6 is 0 Å². The van der Waals surface area contributed by atoms with Crippen LogP contribution < -0.4 is 5.32 Å². The number of carboxylic acids is 1. The van der Waals surface area contributed by atoms with Crippen molar-refractivity contribution in [2.45, 2.75) is 50.0 Å². The van der Waals surface area contributed by atoms with Crippen molar-refractivity contribution in [1.29, 1.82) is 0 Å². The smallest absolute Gasteiger partial charge is 0.326 e. The molecule has 1 aliphatic rings. The van der Waals surface area contributed by atoms with Crippen LogP contribution in [-0.2, 0) is 14.8 Å². The first-order valence-corrected chi connectivity index (χ1v) is 10.5. The largest absolute Gasteiger partial charge is 0.480 e. The summed E-state index contributed by atoms with van der Waals surface area (Å²) in [6.45, 7) is 6.17. The topological polar surface area (TPSA) is 104 Å². The fraction of sp³-hybridized carbons (Fsp3) is 0.474. The van der Waals surface area contributed by atoms with Crippen LogP contribution in [0.3, 0.4) is 0 Å². The van der Waals surface area contributed by atoms with Crippen LogP contribution in [0, 0.1) is 6.92 Å². The lowest BCUT2D eigenvalue weighted by Gasteiger charge is -2.26. The number of sulfonamides is 1. The molecule has 148 valence electrons. The van der Waals surface area contributed by atoms with Gasteiger partial charge in [0.1, 0.15) is 6.04 Å². The molecule has 7 nitrogen and oxygen atoms in total. The van der Waals surface area contributed by atoms with E-state index in [0.29, 0.717) is 25.1 Å². The van der Waals surface area contributed by atoms with Gasteiger partial charge in [-0.05, 0) is 50.3 Å². The van der Waals surface area contributed by atoms with Crippen LogP contribution in [0.25, 0.3) is 0 Å². The monoisotopic (exact) mass is 394 g/mol. The van der Waals surface area contributed by atoms with Crippen molar-refractivity contribution < 1.29 is 23.1 Å². The van der Waals surface area contributed by atoms with Crippen molar-refractivity contribution in [3.63, 3.8) is 0 Å². The molecule has 1 aromatic rings. The number of aliphatic carboxylic acids is 1. The molecule has 1 aromatic carbocycles. The van der Waals surface area contributed by atoms with E-state index in [0.717, 1.165) is 19.3 Å². The standard InChI is InChI=1S/C19H26N2O5S/c1-3-4-8-16(19(23)24)20-18(22)15-10-9-14(2)17(13-15)27(25,26)21-11-6-5-7-12-21/h3,9-10,13,16H,1,4-8,11-12H2,2H3,(H,20,22)(H,23,24). The average Bonchev–Trinajstić information content (AvgIpc) is 2.65. The van der Waals surface area contributed by atoms with Crippen LogP contribution in [-0.4, -0.2) is 48.8 Å². The number of nitrogens with zero attached hydrogens (tertiary/aromatic N) is 1.